The van der Waals surface area contributed by atoms with E-state index in [9.17, 15) is 14.4 Å². The monoisotopic (exact) mass is 953 g/mol. The highest BCUT2D eigenvalue weighted by atomic mass is 16.6. The predicted octanol–water partition coefficient (Wildman–Crippen LogP) is 19.8. The molecule has 0 bridgehead atoms. The summed E-state index contributed by atoms with van der Waals surface area (Å²) in [5.41, 5.74) is 0. The van der Waals surface area contributed by atoms with Gasteiger partial charge in [-0.05, 0) is 83.5 Å². The number of esters is 3. The lowest BCUT2D eigenvalue weighted by Gasteiger charge is -2.18. The summed E-state index contributed by atoms with van der Waals surface area (Å²) >= 11 is 0. The molecular formula is C62H112O6. The average Bonchev–Trinajstić information content (AvgIpc) is 3.34. The first-order valence-corrected chi connectivity index (χ1v) is 29.6. The van der Waals surface area contributed by atoms with Crippen molar-refractivity contribution in [3.8, 4) is 0 Å². The Morgan fingerprint density at radius 2 is 0.529 bits per heavy atom. The molecule has 6 nitrogen and oxygen atoms in total. The van der Waals surface area contributed by atoms with Gasteiger partial charge in [0.05, 0.1) is 0 Å². The summed E-state index contributed by atoms with van der Waals surface area (Å²) in [7, 11) is 0. The van der Waals surface area contributed by atoms with Gasteiger partial charge in [0, 0.05) is 19.3 Å². The van der Waals surface area contributed by atoms with Crippen molar-refractivity contribution in [2.45, 2.75) is 316 Å². The smallest absolute Gasteiger partial charge is 0.306 e. The third-order valence-corrected chi connectivity index (χ3v) is 13.1. The molecule has 0 spiro atoms. The second-order valence-electron chi connectivity index (χ2n) is 19.9. The van der Waals surface area contributed by atoms with E-state index in [1.165, 1.54) is 193 Å². The van der Waals surface area contributed by atoms with Crippen LogP contribution in [0.1, 0.15) is 310 Å². The molecule has 6 heteroatoms. The molecule has 68 heavy (non-hydrogen) atoms. The Labute approximate surface area is 422 Å². The van der Waals surface area contributed by atoms with E-state index in [0.717, 1.165) is 77.0 Å². The molecule has 0 amide bonds. The fourth-order valence-corrected chi connectivity index (χ4v) is 8.56. The molecule has 0 aromatic rings. The normalized spacial score (nSPS) is 12.3. The lowest BCUT2D eigenvalue weighted by Crippen LogP contribution is -2.30. The van der Waals surface area contributed by atoms with Crippen LogP contribution in [-0.4, -0.2) is 37.2 Å². The summed E-state index contributed by atoms with van der Waals surface area (Å²) in [4.78, 5) is 37.9. The van der Waals surface area contributed by atoms with E-state index in [1.54, 1.807) is 0 Å². The minimum absolute atomic E-state index is 0.0736. The Kier molecular flexibility index (Phi) is 54.8. The van der Waals surface area contributed by atoms with Crippen LogP contribution >= 0.6 is 0 Å². The first-order chi connectivity index (χ1) is 33.5. The molecule has 0 rings (SSSR count). The summed E-state index contributed by atoms with van der Waals surface area (Å²) < 4.78 is 16.8. The minimum Gasteiger partial charge on any atom is -0.462 e. The summed E-state index contributed by atoms with van der Waals surface area (Å²) in [6.07, 6.45) is 69.9. The van der Waals surface area contributed by atoms with Gasteiger partial charge in [-0.2, -0.15) is 0 Å². The molecule has 0 radical (unpaired) electrons. The summed E-state index contributed by atoms with van der Waals surface area (Å²) in [5, 5.41) is 0. The highest BCUT2D eigenvalue weighted by Crippen LogP contribution is 2.16. The maximum Gasteiger partial charge on any atom is 0.306 e. The Bertz CT molecular complexity index is 1190. The number of hydrogen-bond acceptors (Lipinski definition) is 6. The van der Waals surface area contributed by atoms with Gasteiger partial charge < -0.3 is 14.2 Å². The summed E-state index contributed by atoms with van der Waals surface area (Å²) in [6.45, 7) is 6.60. The van der Waals surface area contributed by atoms with Crippen molar-refractivity contribution in [2.75, 3.05) is 13.2 Å². The molecule has 0 aromatic carbocycles. The Morgan fingerprint density at radius 1 is 0.294 bits per heavy atom. The van der Waals surface area contributed by atoms with Crippen LogP contribution in [0.5, 0.6) is 0 Å². The number of rotatable bonds is 54. The third kappa shape index (κ3) is 54.3. The topological polar surface area (TPSA) is 78.9 Å². The van der Waals surface area contributed by atoms with Crippen molar-refractivity contribution in [3.63, 3.8) is 0 Å². The van der Waals surface area contributed by atoms with Crippen molar-refractivity contribution in [1.29, 1.82) is 0 Å². The lowest BCUT2D eigenvalue weighted by atomic mass is 10.0. The van der Waals surface area contributed by atoms with Crippen LogP contribution in [0.3, 0.4) is 0 Å². The van der Waals surface area contributed by atoms with Gasteiger partial charge in [-0.25, -0.2) is 0 Å². The zero-order valence-corrected chi connectivity index (χ0v) is 45.4. The van der Waals surface area contributed by atoms with Gasteiger partial charge in [0.2, 0.25) is 0 Å². The van der Waals surface area contributed by atoms with Crippen LogP contribution in [0.25, 0.3) is 0 Å². The van der Waals surface area contributed by atoms with E-state index in [4.69, 9.17) is 14.2 Å². The van der Waals surface area contributed by atoms with Gasteiger partial charge in [-0.1, -0.05) is 256 Å². The van der Waals surface area contributed by atoms with Crippen LogP contribution in [0.15, 0.2) is 48.6 Å². The van der Waals surface area contributed by atoms with Gasteiger partial charge in [0.1, 0.15) is 13.2 Å². The molecule has 0 fully saturated rings. The van der Waals surface area contributed by atoms with Gasteiger partial charge in [-0.15, -0.1) is 0 Å². The maximum atomic E-state index is 12.8. The van der Waals surface area contributed by atoms with Gasteiger partial charge in [-0.3, -0.25) is 14.4 Å². The molecular weight excluding hydrogens is 841 g/mol. The van der Waals surface area contributed by atoms with Crippen molar-refractivity contribution in [3.05, 3.63) is 48.6 Å². The molecule has 0 aliphatic heterocycles. The van der Waals surface area contributed by atoms with Crippen LogP contribution in [0, 0.1) is 0 Å². The van der Waals surface area contributed by atoms with Crippen molar-refractivity contribution in [1.82, 2.24) is 0 Å². The Morgan fingerprint density at radius 3 is 0.853 bits per heavy atom. The molecule has 0 aliphatic carbocycles. The quantitative estimate of drug-likeness (QED) is 0.0262. The number of carbonyl (C=O) groups is 3. The lowest BCUT2D eigenvalue weighted by molar-refractivity contribution is -0.167. The van der Waals surface area contributed by atoms with Gasteiger partial charge in [0.15, 0.2) is 6.10 Å². The molecule has 0 saturated carbocycles. The second-order valence-corrected chi connectivity index (χ2v) is 19.9. The predicted molar refractivity (Wildman–Crippen MR) is 293 cm³/mol. The largest absolute Gasteiger partial charge is 0.462 e. The molecule has 0 saturated heterocycles. The number of ether oxygens (including phenoxy) is 3. The molecule has 0 aromatic heterocycles. The maximum absolute atomic E-state index is 12.8. The standard InChI is InChI=1S/C62H112O6/c1-4-7-10-13-16-19-21-23-24-25-26-27-28-29-30-31-32-33-34-35-36-37-38-40-41-43-46-49-52-55-61(64)67-58-59(57-66-60(63)54-51-48-45-18-15-12-9-6-3)68-62(65)56-53-50-47-44-42-39-22-20-17-14-11-8-5-2/h20-23,25-26,28-29,59H,4-19,24,27,30-58H2,1-3H3/b22-20-,23-21-,26-25-,29-28-. The van der Waals surface area contributed by atoms with Gasteiger partial charge >= 0.3 is 17.9 Å². The number of hydrogen-bond donors (Lipinski definition) is 0. The van der Waals surface area contributed by atoms with E-state index in [0.29, 0.717) is 19.3 Å². The highest BCUT2D eigenvalue weighted by Gasteiger charge is 2.19. The first kappa shape index (κ1) is 65.4. The van der Waals surface area contributed by atoms with E-state index in [-0.39, 0.29) is 31.1 Å². The molecule has 0 heterocycles. The molecule has 396 valence electrons. The van der Waals surface area contributed by atoms with Crippen molar-refractivity contribution < 1.29 is 28.6 Å². The van der Waals surface area contributed by atoms with Crippen LogP contribution in [0.4, 0.5) is 0 Å². The number of unbranched alkanes of at least 4 members (excludes halogenated alkanes) is 35. The van der Waals surface area contributed by atoms with Crippen LogP contribution < -0.4 is 0 Å². The zero-order chi connectivity index (χ0) is 49.3. The summed E-state index contributed by atoms with van der Waals surface area (Å²) in [6, 6.07) is 0. The SMILES string of the molecule is CCCCCC/C=C\CCCCCCCC(=O)OC(COC(=O)CCCCCCCCCC)COC(=O)CCCCCCCCCCCCCCCC/C=C\C/C=C\C/C=C\CCCCCCC. The molecule has 0 N–H and O–H groups in total. The van der Waals surface area contributed by atoms with E-state index in [2.05, 4.69) is 69.4 Å². The Hall–Kier alpha value is -2.63. The molecule has 1 atom stereocenters. The fourth-order valence-electron chi connectivity index (χ4n) is 8.56. The molecule has 0 aliphatic rings. The fraction of sp³-hybridized carbons (Fsp3) is 0.823. The first-order valence-electron chi connectivity index (χ1n) is 29.6. The molecule has 1 unspecified atom stereocenters. The van der Waals surface area contributed by atoms with E-state index < -0.39 is 6.10 Å². The van der Waals surface area contributed by atoms with Crippen molar-refractivity contribution in [2.24, 2.45) is 0 Å². The highest BCUT2D eigenvalue weighted by molar-refractivity contribution is 5.71. The van der Waals surface area contributed by atoms with Crippen LogP contribution in [0.2, 0.25) is 0 Å². The van der Waals surface area contributed by atoms with Gasteiger partial charge in [0.25, 0.3) is 0 Å². The van der Waals surface area contributed by atoms with E-state index in [1.807, 2.05) is 0 Å². The average molecular weight is 954 g/mol. The summed E-state index contributed by atoms with van der Waals surface area (Å²) in [5.74, 6) is -0.876. The van der Waals surface area contributed by atoms with Crippen molar-refractivity contribution >= 4 is 17.9 Å². The van der Waals surface area contributed by atoms with Crippen LogP contribution in [-0.2, 0) is 28.6 Å². The van der Waals surface area contributed by atoms with E-state index >= 15 is 0 Å². The Balaban J connectivity index is 4.08. The minimum atomic E-state index is -0.773. The zero-order valence-electron chi connectivity index (χ0n) is 45.4. The number of carbonyl (C=O) groups excluding carboxylic acids is 3. The second kappa shape index (κ2) is 57.0. The number of allylic oxidation sites excluding steroid dienone is 8. The third-order valence-electron chi connectivity index (χ3n) is 13.1.